The van der Waals surface area contributed by atoms with Gasteiger partial charge in [0.15, 0.2) is 0 Å². The minimum atomic E-state index is 0.315. The first-order valence-electron chi connectivity index (χ1n) is 9.42. The smallest absolute Gasteiger partial charge is 0.0508 e. The summed E-state index contributed by atoms with van der Waals surface area (Å²) in [6, 6.07) is 29.6. The quantitative estimate of drug-likeness (QED) is 0.547. The van der Waals surface area contributed by atoms with E-state index >= 15 is 0 Å². The van der Waals surface area contributed by atoms with E-state index in [0.29, 0.717) is 12.0 Å². The molecule has 134 valence electrons. The van der Waals surface area contributed by atoms with Crippen molar-refractivity contribution in [2.45, 2.75) is 13.0 Å². The maximum Gasteiger partial charge on any atom is 0.0508 e. The van der Waals surface area contributed by atoms with Crippen LogP contribution < -0.4 is 10.6 Å². The normalized spacial score (nSPS) is 18.6. The Morgan fingerprint density at radius 2 is 1.26 bits per heavy atom. The van der Waals surface area contributed by atoms with Gasteiger partial charge in [-0.05, 0) is 53.5 Å². The third kappa shape index (κ3) is 4.29. The molecule has 2 heteroatoms. The number of nitrogens with one attached hydrogen (secondary N) is 2. The van der Waals surface area contributed by atoms with Gasteiger partial charge in [0.1, 0.15) is 0 Å². The Kier molecular flexibility index (Phi) is 5.06. The standard InChI is InChI=1S/C25H24N2/c1-19-18-21(14-17-25(19)27-23-10-6-3-7-11-23)20-12-15-24(16-13-20)26-22-8-4-2-5-9-22/h2-19,25-27H,1H3. The Bertz CT molecular complexity index is 925. The molecule has 1 aliphatic rings. The molecule has 2 nitrogen and oxygen atoms in total. The van der Waals surface area contributed by atoms with Gasteiger partial charge in [0.2, 0.25) is 0 Å². The van der Waals surface area contributed by atoms with Crippen molar-refractivity contribution < 1.29 is 0 Å². The molecule has 0 heterocycles. The van der Waals surface area contributed by atoms with Gasteiger partial charge in [-0.1, -0.05) is 73.7 Å². The third-order valence-electron chi connectivity index (χ3n) is 4.88. The highest BCUT2D eigenvalue weighted by molar-refractivity contribution is 5.77. The molecular formula is C25H24N2. The summed E-state index contributed by atoms with van der Waals surface area (Å²) in [4.78, 5) is 0. The number of anilines is 3. The summed E-state index contributed by atoms with van der Waals surface area (Å²) < 4.78 is 0. The highest BCUT2D eigenvalue weighted by atomic mass is 14.9. The van der Waals surface area contributed by atoms with Gasteiger partial charge in [-0.3, -0.25) is 0 Å². The van der Waals surface area contributed by atoms with Crippen LogP contribution in [-0.4, -0.2) is 6.04 Å². The molecule has 0 aliphatic heterocycles. The van der Waals surface area contributed by atoms with Gasteiger partial charge < -0.3 is 10.6 Å². The van der Waals surface area contributed by atoms with Crippen molar-refractivity contribution in [1.29, 1.82) is 0 Å². The van der Waals surface area contributed by atoms with Gasteiger partial charge in [0.25, 0.3) is 0 Å². The first kappa shape index (κ1) is 17.2. The van der Waals surface area contributed by atoms with Crippen molar-refractivity contribution in [3.05, 3.63) is 109 Å². The monoisotopic (exact) mass is 352 g/mol. The van der Waals surface area contributed by atoms with E-state index in [2.05, 4.69) is 96.4 Å². The summed E-state index contributed by atoms with van der Waals surface area (Å²) in [6.07, 6.45) is 6.84. The summed E-state index contributed by atoms with van der Waals surface area (Å²) in [6.45, 7) is 2.26. The molecule has 2 unspecified atom stereocenters. The topological polar surface area (TPSA) is 24.1 Å². The molecule has 1 aliphatic carbocycles. The number of para-hydroxylation sites is 2. The van der Waals surface area contributed by atoms with E-state index in [9.17, 15) is 0 Å². The molecule has 4 rings (SSSR count). The number of rotatable bonds is 5. The lowest BCUT2D eigenvalue weighted by Crippen LogP contribution is -2.25. The Balaban J connectivity index is 1.43. The summed E-state index contributed by atoms with van der Waals surface area (Å²) >= 11 is 0. The fourth-order valence-electron chi connectivity index (χ4n) is 3.36. The van der Waals surface area contributed by atoms with Crippen LogP contribution in [0.5, 0.6) is 0 Å². The van der Waals surface area contributed by atoms with Gasteiger partial charge in [-0.15, -0.1) is 0 Å². The lowest BCUT2D eigenvalue weighted by atomic mass is 9.89. The minimum Gasteiger partial charge on any atom is -0.378 e. The first-order valence-corrected chi connectivity index (χ1v) is 9.42. The Morgan fingerprint density at radius 3 is 1.89 bits per heavy atom. The molecule has 27 heavy (non-hydrogen) atoms. The van der Waals surface area contributed by atoms with Crippen LogP contribution in [0.2, 0.25) is 0 Å². The summed E-state index contributed by atoms with van der Waals surface area (Å²) in [5.41, 5.74) is 5.88. The van der Waals surface area contributed by atoms with Gasteiger partial charge in [-0.25, -0.2) is 0 Å². The van der Waals surface area contributed by atoms with Gasteiger partial charge in [0.05, 0.1) is 6.04 Å². The maximum absolute atomic E-state index is 3.60. The zero-order valence-corrected chi connectivity index (χ0v) is 15.5. The second-order valence-electron chi connectivity index (χ2n) is 6.94. The van der Waals surface area contributed by atoms with Crippen molar-refractivity contribution in [2.75, 3.05) is 10.6 Å². The SMILES string of the molecule is CC1C=C(c2ccc(Nc3ccccc3)cc2)C=CC1Nc1ccccc1. The molecule has 2 N–H and O–H groups in total. The van der Waals surface area contributed by atoms with Gasteiger partial charge in [0, 0.05) is 17.1 Å². The fourth-order valence-corrected chi connectivity index (χ4v) is 3.36. The molecule has 0 aromatic heterocycles. The molecular weight excluding hydrogens is 328 g/mol. The van der Waals surface area contributed by atoms with E-state index in [1.54, 1.807) is 0 Å². The van der Waals surface area contributed by atoms with Crippen molar-refractivity contribution in [3.63, 3.8) is 0 Å². The lowest BCUT2D eigenvalue weighted by molar-refractivity contribution is 0.662. The van der Waals surface area contributed by atoms with E-state index in [-0.39, 0.29) is 0 Å². The van der Waals surface area contributed by atoms with Crippen LogP contribution in [0.1, 0.15) is 12.5 Å². The summed E-state index contributed by atoms with van der Waals surface area (Å²) in [5.74, 6) is 0.423. The highest BCUT2D eigenvalue weighted by Crippen LogP contribution is 2.28. The van der Waals surface area contributed by atoms with E-state index in [4.69, 9.17) is 0 Å². The lowest BCUT2D eigenvalue weighted by Gasteiger charge is -2.25. The number of allylic oxidation sites excluding steroid dienone is 2. The van der Waals surface area contributed by atoms with Crippen LogP contribution in [0.25, 0.3) is 5.57 Å². The summed E-state index contributed by atoms with van der Waals surface area (Å²) in [7, 11) is 0. The van der Waals surface area contributed by atoms with Crippen molar-refractivity contribution >= 4 is 22.6 Å². The second kappa shape index (κ2) is 7.96. The summed E-state index contributed by atoms with van der Waals surface area (Å²) in [5, 5.41) is 7.03. The van der Waals surface area contributed by atoms with Gasteiger partial charge in [-0.2, -0.15) is 0 Å². The fraction of sp³-hybridized carbons (Fsp3) is 0.120. The molecule has 3 aromatic rings. The van der Waals surface area contributed by atoms with Crippen molar-refractivity contribution in [1.82, 2.24) is 0 Å². The predicted octanol–water partition coefficient (Wildman–Crippen LogP) is 6.50. The Hall–Kier alpha value is -3.26. The van der Waals surface area contributed by atoms with E-state index < -0.39 is 0 Å². The average Bonchev–Trinajstić information content (AvgIpc) is 2.72. The number of hydrogen-bond acceptors (Lipinski definition) is 2. The zero-order valence-electron chi connectivity index (χ0n) is 15.5. The average molecular weight is 352 g/mol. The molecule has 0 radical (unpaired) electrons. The van der Waals surface area contributed by atoms with E-state index in [1.165, 1.54) is 11.1 Å². The molecule has 2 atom stereocenters. The molecule has 0 spiro atoms. The molecule has 0 amide bonds. The van der Waals surface area contributed by atoms with E-state index in [1.807, 2.05) is 24.3 Å². The second-order valence-corrected chi connectivity index (χ2v) is 6.94. The molecule has 3 aromatic carbocycles. The molecule has 0 saturated heterocycles. The van der Waals surface area contributed by atoms with Crippen molar-refractivity contribution in [2.24, 2.45) is 5.92 Å². The van der Waals surface area contributed by atoms with Gasteiger partial charge >= 0.3 is 0 Å². The highest BCUT2D eigenvalue weighted by Gasteiger charge is 2.17. The predicted molar refractivity (Wildman–Crippen MR) is 116 cm³/mol. The van der Waals surface area contributed by atoms with Crippen molar-refractivity contribution in [3.8, 4) is 0 Å². The van der Waals surface area contributed by atoms with Crippen LogP contribution in [0.3, 0.4) is 0 Å². The zero-order chi connectivity index (χ0) is 18.5. The van der Waals surface area contributed by atoms with Crippen LogP contribution in [0, 0.1) is 5.92 Å². The maximum atomic E-state index is 3.60. The van der Waals surface area contributed by atoms with Crippen LogP contribution >= 0.6 is 0 Å². The van der Waals surface area contributed by atoms with Crippen LogP contribution in [0.15, 0.2) is 103 Å². The largest absolute Gasteiger partial charge is 0.378 e. The first-order chi connectivity index (χ1) is 13.3. The van der Waals surface area contributed by atoms with Crippen LogP contribution in [0.4, 0.5) is 17.1 Å². The number of benzene rings is 3. The Labute approximate surface area is 161 Å². The van der Waals surface area contributed by atoms with E-state index in [0.717, 1.165) is 17.1 Å². The molecule has 0 bridgehead atoms. The Morgan fingerprint density at radius 1 is 0.667 bits per heavy atom. The number of hydrogen-bond donors (Lipinski definition) is 2. The minimum absolute atomic E-state index is 0.315. The molecule has 0 fully saturated rings. The third-order valence-corrected chi connectivity index (χ3v) is 4.88. The van der Waals surface area contributed by atoms with Crippen LogP contribution in [-0.2, 0) is 0 Å². The molecule has 0 saturated carbocycles.